The number of nitrogens with zero attached hydrogens (tertiary/aromatic N) is 3. The maximum atomic E-state index is 12.2. The number of ether oxygens (including phenoxy) is 2. The van der Waals surface area contributed by atoms with Gasteiger partial charge < -0.3 is 25.5 Å². The van der Waals surface area contributed by atoms with E-state index in [0.717, 1.165) is 12.5 Å². The number of rotatable bonds is 10. The molecular weight excluding hydrogens is 450 g/mol. The fourth-order valence-corrected chi connectivity index (χ4v) is 3.35. The van der Waals surface area contributed by atoms with E-state index in [1.54, 1.807) is 18.2 Å². The predicted molar refractivity (Wildman–Crippen MR) is 122 cm³/mol. The van der Waals surface area contributed by atoms with Gasteiger partial charge in [0, 0.05) is 56.5 Å². The molecule has 0 atom stereocenters. The van der Waals surface area contributed by atoms with Crippen LogP contribution in [0.25, 0.3) is 11.3 Å². The number of sulfone groups is 1. The Morgan fingerprint density at radius 3 is 2.64 bits per heavy atom. The van der Waals surface area contributed by atoms with Gasteiger partial charge in [0.1, 0.15) is 24.0 Å². The standard InChI is InChI=1S/C20H23N7O5S/c1-12(28)23-18-9-16(15(11-22-18)17-6-13(10-21)26-27-17)24-19-7-14(32-5-4-31-2)8-20(25-19)33(3,29)30/h6-11,21H,4-5H2,1-3H3,(H,26,27)(H2,22,23,24,25,28). The first-order valence-electron chi connectivity index (χ1n) is 9.64. The molecule has 3 rings (SSSR count). The molecule has 12 nitrogen and oxygen atoms in total. The highest BCUT2D eigenvalue weighted by Gasteiger charge is 2.16. The summed E-state index contributed by atoms with van der Waals surface area (Å²) in [5.74, 6) is 0.438. The van der Waals surface area contributed by atoms with Gasteiger partial charge >= 0.3 is 0 Å². The minimum atomic E-state index is -3.63. The summed E-state index contributed by atoms with van der Waals surface area (Å²) in [5.41, 5.74) is 1.93. The number of H-pyrrole nitrogens is 1. The molecule has 0 aromatic carbocycles. The van der Waals surface area contributed by atoms with E-state index >= 15 is 0 Å². The van der Waals surface area contributed by atoms with Gasteiger partial charge in [-0.05, 0) is 6.07 Å². The summed E-state index contributed by atoms with van der Waals surface area (Å²) >= 11 is 0. The van der Waals surface area contributed by atoms with Crippen molar-refractivity contribution in [2.24, 2.45) is 0 Å². The monoisotopic (exact) mass is 473 g/mol. The number of pyridine rings is 2. The van der Waals surface area contributed by atoms with Crippen molar-refractivity contribution in [3.63, 3.8) is 0 Å². The Bertz CT molecular complexity index is 1270. The maximum Gasteiger partial charge on any atom is 0.222 e. The summed E-state index contributed by atoms with van der Waals surface area (Å²) in [4.78, 5) is 19.9. The van der Waals surface area contributed by atoms with Gasteiger partial charge in [0.05, 0.1) is 23.7 Å². The SMILES string of the molecule is COCCOc1cc(Nc2cc(NC(C)=O)ncc2-c2cc(C=N)[nH]n2)nc(S(C)(=O)=O)c1. The van der Waals surface area contributed by atoms with Crippen molar-refractivity contribution in [1.29, 1.82) is 5.41 Å². The van der Waals surface area contributed by atoms with Crippen molar-refractivity contribution in [1.82, 2.24) is 20.2 Å². The number of hydrogen-bond acceptors (Lipinski definition) is 10. The van der Waals surface area contributed by atoms with Crippen molar-refractivity contribution in [3.8, 4) is 17.0 Å². The Kier molecular flexibility index (Phi) is 7.35. The number of methoxy groups -OCH3 is 1. The minimum absolute atomic E-state index is 0.177. The Balaban J connectivity index is 2.06. The summed E-state index contributed by atoms with van der Waals surface area (Å²) in [7, 11) is -2.10. The van der Waals surface area contributed by atoms with Crippen LogP contribution < -0.4 is 15.4 Å². The first kappa shape index (κ1) is 23.8. The topological polar surface area (TPSA) is 172 Å². The molecule has 13 heteroatoms. The van der Waals surface area contributed by atoms with Gasteiger partial charge in [-0.2, -0.15) is 5.10 Å². The second-order valence-electron chi connectivity index (χ2n) is 6.91. The van der Waals surface area contributed by atoms with E-state index < -0.39 is 9.84 Å². The molecule has 0 fully saturated rings. The molecule has 3 aromatic rings. The maximum absolute atomic E-state index is 12.2. The number of amides is 1. The van der Waals surface area contributed by atoms with Crippen LogP contribution >= 0.6 is 0 Å². The molecule has 3 heterocycles. The number of hydrogen-bond donors (Lipinski definition) is 4. The normalized spacial score (nSPS) is 11.1. The zero-order chi connectivity index (χ0) is 24.0. The van der Waals surface area contributed by atoms with Crippen molar-refractivity contribution in [2.75, 3.05) is 37.2 Å². The van der Waals surface area contributed by atoms with Crippen molar-refractivity contribution in [2.45, 2.75) is 11.9 Å². The molecule has 0 spiro atoms. The fourth-order valence-electron chi connectivity index (χ4n) is 2.76. The summed E-state index contributed by atoms with van der Waals surface area (Å²) in [5, 5.41) is 19.8. The van der Waals surface area contributed by atoms with Gasteiger partial charge in [0.15, 0.2) is 14.9 Å². The molecular formula is C20H23N7O5S. The molecule has 0 bridgehead atoms. The Morgan fingerprint density at radius 1 is 1.21 bits per heavy atom. The van der Waals surface area contributed by atoms with Gasteiger partial charge in [-0.15, -0.1) is 0 Å². The number of aromatic nitrogens is 4. The lowest BCUT2D eigenvalue weighted by atomic mass is 10.1. The highest BCUT2D eigenvalue weighted by molar-refractivity contribution is 7.90. The molecule has 0 aliphatic carbocycles. The van der Waals surface area contributed by atoms with E-state index in [1.165, 1.54) is 26.3 Å². The fraction of sp³-hybridized carbons (Fsp3) is 0.250. The molecule has 0 saturated carbocycles. The third-order valence-corrected chi connectivity index (χ3v) is 5.18. The Labute approximate surface area is 190 Å². The molecule has 0 radical (unpaired) electrons. The van der Waals surface area contributed by atoms with Crippen LogP contribution in [0, 0.1) is 5.41 Å². The van der Waals surface area contributed by atoms with Gasteiger partial charge in [-0.3, -0.25) is 9.89 Å². The van der Waals surface area contributed by atoms with E-state index in [9.17, 15) is 13.2 Å². The second-order valence-corrected chi connectivity index (χ2v) is 8.88. The van der Waals surface area contributed by atoms with Gasteiger partial charge in [0.25, 0.3) is 0 Å². The van der Waals surface area contributed by atoms with Gasteiger partial charge in [-0.25, -0.2) is 18.4 Å². The predicted octanol–water partition coefficient (Wildman–Crippen LogP) is 2.00. The van der Waals surface area contributed by atoms with Crippen LogP contribution in [0.1, 0.15) is 12.6 Å². The van der Waals surface area contributed by atoms with Crippen LogP contribution in [-0.2, 0) is 19.4 Å². The smallest absolute Gasteiger partial charge is 0.222 e. The Morgan fingerprint density at radius 2 is 2.00 bits per heavy atom. The Hall–Kier alpha value is -3.84. The number of carbonyl (C=O) groups excluding carboxylic acids is 1. The molecule has 0 unspecified atom stereocenters. The lowest BCUT2D eigenvalue weighted by molar-refractivity contribution is -0.114. The number of carbonyl (C=O) groups is 1. The average molecular weight is 474 g/mol. The summed E-state index contributed by atoms with van der Waals surface area (Å²) < 4.78 is 34.9. The quantitative estimate of drug-likeness (QED) is 0.254. The van der Waals surface area contributed by atoms with Gasteiger partial charge in [0.2, 0.25) is 5.91 Å². The zero-order valence-electron chi connectivity index (χ0n) is 18.2. The van der Waals surface area contributed by atoms with Crippen molar-refractivity contribution in [3.05, 3.63) is 36.2 Å². The van der Waals surface area contributed by atoms with Crippen LogP contribution in [0.2, 0.25) is 0 Å². The van der Waals surface area contributed by atoms with Crippen LogP contribution in [0.3, 0.4) is 0 Å². The summed E-state index contributed by atoms with van der Waals surface area (Å²) in [6, 6.07) is 6.08. The molecule has 1 amide bonds. The van der Waals surface area contributed by atoms with E-state index in [2.05, 4.69) is 30.8 Å². The van der Waals surface area contributed by atoms with E-state index in [0.29, 0.717) is 29.2 Å². The molecule has 174 valence electrons. The van der Waals surface area contributed by atoms with Crippen molar-refractivity contribution >= 4 is 39.3 Å². The minimum Gasteiger partial charge on any atom is -0.491 e. The largest absolute Gasteiger partial charge is 0.491 e. The van der Waals surface area contributed by atoms with Crippen LogP contribution in [0.15, 0.2) is 35.5 Å². The highest BCUT2D eigenvalue weighted by Crippen LogP contribution is 2.32. The zero-order valence-corrected chi connectivity index (χ0v) is 19.0. The number of anilines is 3. The second kappa shape index (κ2) is 10.2. The third-order valence-electron chi connectivity index (χ3n) is 4.21. The summed E-state index contributed by atoms with van der Waals surface area (Å²) in [6.45, 7) is 1.89. The lowest BCUT2D eigenvalue weighted by Gasteiger charge is -2.14. The number of aromatic amines is 1. The first-order chi connectivity index (χ1) is 15.7. The molecule has 4 N–H and O–H groups in total. The van der Waals surface area contributed by atoms with Crippen LogP contribution in [-0.4, -0.2) is 67.3 Å². The van der Waals surface area contributed by atoms with Crippen LogP contribution in [0.5, 0.6) is 5.75 Å². The highest BCUT2D eigenvalue weighted by atomic mass is 32.2. The van der Waals surface area contributed by atoms with Gasteiger partial charge in [-0.1, -0.05) is 0 Å². The average Bonchev–Trinajstić information content (AvgIpc) is 3.22. The summed E-state index contributed by atoms with van der Waals surface area (Å²) in [6.07, 6.45) is 3.66. The third kappa shape index (κ3) is 6.33. The molecule has 33 heavy (non-hydrogen) atoms. The lowest BCUT2D eigenvalue weighted by Crippen LogP contribution is -2.09. The number of nitrogens with one attached hydrogen (secondary N) is 4. The van der Waals surface area contributed by atoms with E-state index in [-0.39, 0.29) is 34.9 Å². The molecule has 0 aliphatic heterocycles. The molecule has 0 aliphatic rings. The van der Waals surface area contributed by atoms with E-state index in [4.69, 9.17) is 14.9 Å². The molecule has 3 aromatic heterocycles. The van der Waals surface area contributed by atoms with Crippen molar-refractivity contribution < 1.29 is 22.7 Å². The molecule has 0 saturated heterocycles. The first-order valence-corrected chi connectivity index (χ1v) is 11.5. The van der Waals surface area contributed by atoms with Crippen LogP contribution in [0.4, 0.5) is 17.3 Å². The van der Waals surface area contributed by atoms with E-state index in [1.807, 2.05) is 0 Å².